The van der Waals surface area contributed by atoms with E-state index in [1.54, 1.807) is 0 Å². The van der Waals surface area contributed by atoms with Crippen LogP contribution in [-0.4, -0.2) is 47.4 Å². The Bertz CT molecular complexity index is 970. The number of carbonyl (C=O) groups excluding carboxylic acids is 2. The van der Waals surface area contributed by atoms with Crippen LogP contribution in [0.3, 0.4) is 0 Å². The van der Waals surface area contributed by atoms with Gasteiger partial charge in [0.15, 0.2) is 0 Å². The zero-order chi connectivity index (χ0) is 47.2. The molecule has 0 radical (unpaired) electrons. The van der Waals surface area contributed by atoms with Gasteiger partial charge in [-0.25, -0.2) is 0 Å². The highest BCUT2D eigenvalue weighted by atomic mass is 16.5. The van der Waals surface area contributed by atoms with E-state index in [0.717, 1.165) is 44.9 Å². The molecule has 0 rings (SSSR count). The lowest BCUT2D eigenvalue weighted by molar-refractivity contribution is -0.143. The minimum Gasteiger partial charge on any atom is -0.466 e. The van der Waals surface area contributed by atoms with Crippen LogP contribution in [0.5, 0.6) is 0 Å². The normalized spacial score (nSPS) is 12.6. The van der Waals surface area contributed by atoms with Crippen molar-refractivity contribution in [3.8, 4) is 0 Å². The molecule has 6 nitrogen and oxygen atoms in total. The molecule has 0 fully saturated rings. The number of hydrogen-bond donors (Lipinski definition) is 3. The van der Waals surface area contributed by atoms with Gasteiger partial charge in [-0.05, 0) is 51.4 Å². The van der Waals surface area contributed by atoms with Crippen molar-refractivity contribution in [2.45, 2.75) is 341 Å². The summed E-state index contributed by atoms with van der Waals surface area (Å²) in [6.07, 6.45) is 64.9. The van der Waals surface area contributed by atoms with Crippen LogP contribution in [0.15, 0.2) is 12.2 Å². The maximum absolute atomic E-state index is 12.4. The molecule has 0 aromatic carbocycles. The molecule has 0 aromatic rings. The van der Waals surface area contributed by atoms with Crippen molar-refractivity contribution in [2.24, 2.45) is 0 Å². The summed E-state index contributed by atoms with van der Waals surface area (Å²) in [4.78, 5) is 24.5. The molecule has 0 aliphatic carbocycles. The van der Waals surface area contributed by atoms with Crippen molar-refractivity contribution >= 4 is 11.9 Å². The summed E-state index contributed by atoms with van der Waals surface area (Å²) < 4.78 is 5.49. The molecule has 0 bridgehead atoms. The van der Waals surface area contributed by atoms with E-state index >= 15 is 0 Å². The SMILES string of the molecule is CCCCCCCC/C=C\CCCCCCCCCCCC(=O)OCCCCCCCCCCCCCCCCCCCC(=O)NC(CO)C(O)CCCCCCCCCCCCCC. The van der Waals surface area contributed by atoms with Crippen LogP contribution in [0, 0.1) is 0 Å². The highest BCUT2D eigenvalue weighted by molar-refractivity contribution is 5.76. The number of rotatable bonds is 55. The number of nitrogens with one attached hydrogen (secondary N) is 1. The first-order chi connectivity index (χ1) is 32.0. The molecule has 3 N–H and O–H groups in total. The van der Waals surface area contributed by atoms with E-state index in [4.69, 9.17) is 4.74 Å². The fraction of sp³-hybridized carbons (Fsp3) is 0.932. The standard InChI is InChI=1S/C59H115NO5/c1-3-5-7-9-11-13-15-17-18-19-20-23-26-29-33-37-41-45-49-53-59(64)65-54-50-46-42-38-34-30-27-24-21-22-25-28-32-36-40-44-48-52-58(63)60-56(55-61)57(62)51-47-43-39-35-31-16-14-12-10-8-6-4-2/h17-18,56-57,61-62H,3-16,19-55H2,1-2H3,(H,60,63)/b18-17-. The summed E-state index contributed by atoms with van der Waals surface area (Å²) in [6.45, 7) is 4.95. The van der Waals surface area contributed by atoms with Crippen LogP contribution in [0.4, 0.5) is 0 Å². The second-order valence-electron chi connectivity index (χ2n) is 20.3. The van der Waals surface area contributed by atoms with E-state index in [-0.39, 0.29) is 18.5 Å². The summed E-state index contributed by atoms with van der Waals surface area (Å²) in [7, 11) is 0. The Balaban J connectivity index is 3.37. The minimum absolute atomic E-state index is 0.00550. The summed E-state index contributed by atoms with van der Waals surface area (Å²) in [5.41, 5.74) is 0. The molecule has 0 spiro atoms. The molecule has 6 heteroatoms. The highest BCUT2D eigenvalue weighted by Gasteiger charge is 2.20. The van der Waals surface area contributed by atoms with Crippen LogP contribution < -0.4 is 5.32 Å². The lowest BCUT2D eigenvalue weighted by atomic mass is 10.0. The lowest BCUT2D eigenvalue weighted by Gasteiger charge is -2.22. The van der Waals surface area contributed by atoms with Crippen LogP contribution in [0.1, 0.15) is 328 Å². The van der Waals surface area contributed by atoms with Gasteiger partial charge in [0.2, 0.25) is 5.91 Å². The number of esters is 1. The molecule has 0 aromatic heterocycles. The van der Waals surface area contributed by atoms with Crippen molar-refractivity contribution < 1.29 is 24.5 Å². The minimum atomic E-state index is -0.666. The smallest absolute Gasteiger partial charge is 0.305 e. The summed E-state index contributed by atoms with van der Waals surface area (Å²) in [5.74, 6) is -0.0340. The van der Waals surface area contributed by atoms with Crippen molar-refractivity contribution in [3.63, 3.8) is 0 Å². The number of carbonyl (C=O) groups is 2. The third-order valence-electron chi connectivity index (χ3n) is 13.8. The average molecular weight is 919 g/mol. The molecular weight excluding hydrogens is 803 g/mol. The Hall–Kier alpha value is -1.40. The monoisotopic (exact) mass is 918 g/mol. The molecule has 2 atom stereocenters. The Labute approximate surface area is 406 Å². The number of aliphatic hydroxyl groups is 2. The quantitative estimate of drug-likeness (QED) is 0.0321. The van der Waals surface area contributed by atoms with E-state index in [1.165, 1.54) is 250 Å². The molecule has 1 amide bonds. The average Bonchev–Trinajstić information content (AvgIpc) is 3.31. The molecule has 0 aliphatic heterocycles. The first-order valence-electron chi connectivity index (χ1n) is 29.4. The molecule has 386 valence electrons. The summed E-state index contributed by atoms with van der Waals surface area (Å²) >= 11 is 0. The molecule has 0 saturated heterocycles. The predicted octanol–water partition coefficient (Wildman–Crippen LogP) is 18.1. The van der Waals surface area contributed by atoms with Gasteiger partial charge in [0.05, 0.1) is 25.4 Å². The van der Waals surface area contributed by atoms with E-state index in [1.807, 2.05) is 0 Å². The number of hydrogen-bond acceptors (Lipinski definition) is 5. The van der Waals surface area contributed by atoms with Gasteiger partial charge in [0.1, 0.15) is 0 Å². The van der Waals surface area contributed by atoms with Crippen LogP contribution in [0.25, 0.3) is 0 Å². The van der Waals surface area contributed by atoms with Crippen molar-refractivity contribution in [1.82, 2.24) is 5.32 Å². The van der Waals surface area contributed by atoms with Gasteiger partial charge in [-0.3, -0.25) is 9.59 Å². The van der Waals surface area contributed by atoms with Crippen LogP contribution in [-0.2, 0) is 14.3 Å². The van der Waals surface area contributed by atoms with E-state index in [9.17, 15) is 19.8 Å². The number of ether oxygens (including phenoxy) is 1. The molecule has 65 heavy (non-hydrogen) atoms. The molecule has 2 unspecified atom stereocenters. The van der Waals surface area contributed by atoms with Gasteiger partial charge in [-0.15, -0.1) is 0 Å². The summed E-state index contributed by atoms with van der Waals surface area (Å²) in [5, 5.41) is 23.2. The lowest BCUT2D eigenvalue weighted by Crippen LogP contribution is -2.45. The number of aliphatic hydroxyl groups excluding tert-OH is 2. The number of allylic oxidation sites excluding steroid dienone is 2. The Morgan fingerprint density at radius 2 is 0.723 bits per heavy atom. The Morgan fingerprint density at radius 1 is 0.415 bits per heavy atom. The van der Waals surface area contributed by atoms with E-state index < -0.39 is 12.1 Å². The summed E-state index contributed by atoms with van der Waals surface area (Å²) in [6, 6.07) is -0.544. The van der Waals surface area contributed by atoms with Crippen molar-refractivity contribution in [2.75, 3.05) is 13.2 Å². The van der Waals surface area contributed by atoms with E-state index in [0.29, 0.717) is 25.9 Å². The Kier molecular flexibility index (Phi) is 54.0. The predicted molar refractivity (Wildman–Crippen MR) is 283 cm³/mol. The third-order valence-corrected chi connectivity index (χ3v) is 13.8. The second kappa shape index (κ2) is 55.2. The van der Waals surface area contributed by atoms with Gasteiger partial charge in [-0.2, -0.15) is 0 Å². The zero-order valence-corrected chi connectivity index (χ0v) is 44.0. The highest BCUT2D eigenvalue weighted by Crippen LogP contribution is 2.17. The van der Waals surface area contributed by atoms with E-state index in [2.05, 4.69) is 31.3 Å². The second-order valence-corrected chi connectivity index (χ2v) is 20.3. The molecule has 0 saturated carbocycles. The first-order valence-corrected chi connectivity index (χ1v) is 29.4. The first kappa shape index (κ1) is 63.6. The van der Waals surface area contributed by atoms with Crippen molar-refractivity contribution in [1.29, 1.82) is 0 Å². The van der Waals surface area contributed by atoms with Gasteiger partial charge in [0, 0.05) is 12.8 Å². The number of amides is 1. The van der Waals surface area contributed by atoms with Gasteiger partial charge < -0.3 is 20.3 Å². The van der Waals surface area contributed by atoms with Gasteiger partial charge in [0.25, 0.3) is 0 Å². The maximum Gasteiger partial charge on any atom is 0.305 e. The third kappa shape index (κ3) is 51.8. The maximum atomic E-state index is 12.4. The molecular formula is C59H115NO5. The molecule has 0 heterocycles. The largest absolute Gasteiger partial charge is 0.466 e. The topological polar surface area (TPSA) is 95.9 Å². The van der Waals surface area contributed by atoms with Gasteiger partial charge in [-0.1, -0.05) is 276 Å². The van der Waals surface area contributed by atoms with Crippen molar-refractivity contribution in [3.05, 3.63) is 12.2 Å². The van der Waals surface area contributed by atoms with Crippen LogP contribution in [0.2, 0.25) is 0 Å². The molecule has 0 aliphatic rings. The fourth-order valence-corrected chi connectivity index (χ4v) is 9.28. The number of unbranched alkanes of at least 4 members (excludes halogenated alkanes) is 42. The Morgan fingerprint density at radius 3 is 1.09 bits per heavy atom. The van der Waals surface area contributed by atoms with Gasteiger partial charge >= 0.3 is 5.97 Å². The zero-order valence-electron chi connectivity index (χ0n) is 44.0. The van der Waals surface area contributed by atoms with Crippen LogP contribution >= 0.6 is 0 Å². The fourth-order valence-electron chi connectivity index (χ4n) is 9.28.